The molecule has 0 unspecified atom stereocenters. The van der Waals surface area contributed by atoms with E-state index in [0.29, 0.717) is 6.42 Å². The monoisotopic (exact) mass is 271 g/mol. The summed E-state index contributed by atoms with van der Waals surface area (Å²) < 4.78 is 1.70. The number of benzene rings is 1. The van der Waals surface area contributed by atoms with Crippen LogP contribution in [0, 0.1) is 27.7 Å². The fourth-order valence-corrected chi connectivity index (χ4v) is 2.57. The number of carbonyl (C=O) groups is 1. The van der Waals surface area contributed by atoms with Gasteiger partial charge in [0.25, 0.3) is 0 Å². The average molecular weight is 271 g/mol. The summed E-state index contributed by atoms with van der Waals surface area (Å²) in [5.41, 5.74) is 6.28. The molecule has 0 aliphatic carbocycles. The van der Waals surface area contributed by atoms with Crippen LogP contribution in [0.25, 0.3) is 0 Å². The molecule has 0 atom stereocenters. The Kier molecular flexibility index (Phi) is 3.93. The first-order chi connectivity index (χ1) is 9.36. The van der Waals surface area contributed by atoms with Crippen LogP contribution in [0.4, 0.5) is 5.69 Å². The van der Waals surface area contributed by atoms with E-state index >= 15 is 0 Å². The standard InChI is InChI=1S/C16H21N3O/c1-10-6-11(2)14(12(3)7-10)8-16(20)17-15-9-19(5)18-13(15)4/h6-7,9H,8H2,1-5H3,(H,17,20). The van der Waals surface area contributed by atoms with Crippen molar-refractivity contribution in [2.45, 2.75) is 34.1 Å². The minimum Gasteiger partial charge on any atom is -0.323 e. The Morgan fingerprint density at radius 1 is 1.20 bits per heavy atom. The highest BCUT2D eigenvalue weighted by Crippen LogP contribution is 2.18. The molecule has 0 saturated heterocycles. The molecule has 1 aromatic heterocycles. The second-order valence-corrected chi connectivity index (χ2v) is 5.40. The predicted octanol–water partition coefficient (Wildman–Crippen LogP) is 2.83. The summed E-state index contributed by atoms with van der Waals surface area (Å²) in [6.45, 7) is 8.07. The van der Waals surface area contributed by atoms with Crippen molar-refractivity contribution in [2.75, 3.05) is 5.32 Å². The topological polar surface area (TPSA) is 46.9 Å². The number of anilines is 1. The molecule has 0 aliphatic rings. The smallest absolute Gasteiger partial charge is 0.228 e. The van der Waals surface area contributed by atoms with Crippen molar-refractivity contribution < 1.29 is 4.79 Å². The zero-order chi connectivity index (χ0) is 14.9. The van der Waals surface area contributed by atoms with E-state index in [2.05, 4.69) is 43.3 Å². The third-order valence-electron chi connectivity index (χ3n) is 3.47. The Morgan fingerprint density at radius 2 is 1.80 bits per heavy atom. The van der Waals surface area contributed by atoms with Crippen molar-refractivity contribution in [2.24, 2.45) is 7.05 Å². The van der Waals surface area contributed by atoms with Crippen molar-refractivity contribution >= 4 is 11.6 Å². The Balaban J connectivity index is 2.15. The van der Waals surface area contributed by atoms with Gasteiger partial charge in [-0.05, 0) is 44.4 Å². The molecule has 1 amide bonds. The lowest BCUT2D eigenvalue weighted by molar-refractivity contribution is -0.115. The van der Waals surface area contributed by atoms with Gasteiger partial charge < -0.3 is 5.32 Å². The summed E-state index contributed by atoms with van der Waals surface area (Å²) in [6.07, 6.45) is 2.22. The molecule has 2 aromatic rings. The van der Waals surface area contributed by atoms with Crippen molar-refractivity contribution in [3.8, 4) is 0 Å². The SMILES string of the molecule is Cc1cc(C)c(CC(=O)Nc2cn(C)nc2C)c(C)c1. The van der Waals surface area contributed by atoms with E-state index < -0.39 is 0 Å². The molecule has 106 valence electrons. The third-order valence-corrected chi connectivity index (χ3v) is 3.47. The lowest BCUT2D eigenvalue weighted by atomic mass is 9.97. The number of rotatable bonds is 3. The predicted molar refractivity (Wildman–Crippen MR) is 80.9 cm³/mol. The van der Waals surface area contributed by atoms with E-state index in [1.165, 1.54) is 16.7 Å². The first-order valence-corrected chi connectivity index (χ1v) is 6.73. The highest BCUT2D eigenvalue weighted by atomic mass is 16.1. The zero-order valence-electron chi connectivity index (χ0n) is 12.7. The maximum Gasteiger partial charge on any atom is 0.228 e. The average Bonchev–Trinajstić information content (AvgIpc) is 2.62. The molecule has 0 aliphatic heterocycles. The number of aromatic nitrogens is 2. The minimum atomic E-state index is -0.00356. The molecule has 0 bridgehead atoms. The van der Waals surface area contributed by atoms with Crippen LogP contribution in [0.3, 0.4) is 0 Å². The Morgan fingerprint density at radius 3 is 2.30 bits per heavy atom. The molecule has 0 radical (unpaired) electrons. The minimum absolute atomic E-state index is 0.00356. The molecular formula is C16H21N3O. The number of nitrogens with zero attached hydrogens (tertiary/aromatic N) is 2. The van der Waals surface area contributed by atoms with Gasteiger partial charge >= 0.3 is 0 Å². The van der Waals surface area contributed by atoms with Crippen molar-refractivity contribution in [1.29, 1.82) is 0 Å². The number of aryl methyl sites for hydroxylation is 5. The summed E-state index contributed by atoms with van der Waals surface area (Å²) in [6, 6.07) is 4.23. The zero-order valence-corrected chi connectivity index (χ0v) is 12.7. The van der Waals surface area contributed by atoms with Gasteiger partial charge in [0.1, 0.15) is 0 Å². The van der Waals surface area contributed by atoms with Gasteiger partial charge in [0, 0.05) is 13.2 Å². The first-order valence-electron chi connectivity index (χ1n) is 6.73. The molecule has 1 N–H and O–H groups in total. The van der Waals surface area contributed by atoms with Gasteiger partial charge in [0.2, 0.25) is 5.91 Å². The van der Waals surface area contributed by atoms with Crippen LogP contribution in [0.2, 0.25) is 0 Å². The second kappa shape index (κ2) is 5.49. The van der Waals surface area contributed by atoms with Gasteiger partial charge in [0.15, 0.2) is 0 Å². The van der Waals surface area contributed by atoms with E-state index in [4.69, 9.17) is 0 Å². The molecule has 2 rings (SSSR count). The van der Waals surface area contributed by atoms with Crippen molar-refractivity contribution in [3.63, 3.8) is 0 Å². The maximum atomic E-state index is 12.2. The van der Waals surface area contributed by atoms with E-state index in [9.17, 15) is 4.79 Å². The fourth-order valence-electron chi connectivity index (χ4n) is 2.57. The normalized spacial score (nSPS) is 10.7. The molecule has 0 saturated carbocycles. The quantitative estimate of drug-likeness (QED) is 0.933. The molecule has 20 heavy (non-hydrogen) atoms. The Hall–Kier alpha value is -2.10. The van der Waals surface area contributed by atoms with Crippen LogP contribution in [-0.2, 0) is 18.3 Å². The molecule has 4 nitrogen and oxygen atoms in total. The number of hydrogen-bond donors (Lipinski definition) is 1. The summed E-state index contributed by atoms with van der Waals surface area (Å²) in [4.78, 5) is 12.2. The van der Waals surface area contributed by atoms with Gasteiger partial charge in [-0.25, -0.2) is 0 Å². The summed E-state index contributed by atoms with van der Waals surface area (Å²) in [7, 11) is 1.84. The number of nitrogens with one attached hydrogen (secondary N) is 1. The number of amides is 1. The molecule has 1 aromatic carbocycles. The van der Waals surface area contributed by atoms with E-state index in [1.807, 2.05) is 20.2 Å². The second-order valence-electron chi connectivity index (χ2n) is 5.40. The van der Waals surface area contributed by atoms with Gasteiger partial charge in [-0.1, -0.05) is 17.7 Å². The molecule has 4 heteroatoms. The van der Waals surface area contributed by atoms with Gasteiger partial charge in [-0.15, -0.1) is 0 Å². The van der Waals surface area contributed by atoms with Crippen LogP contribution in [0.1, 0.15) is 27.9 Å². The number of hydrogen-bond acceptors (Lipinski definition) is 2. The lowest BCUT2D eigenvalue weighted by Crippen LogP contribution is -2.16. The lowest BCUT2D eigenvalue weighted by Gasteiger charge is -2.11. The Bertz CT molecular complexity index is 633. The van der Waals surface area contributed by atoms with Crippen LogP contribution < -0.4 is 5.32 Å². The van der Waals surface area contributed by atoms with Crippen LogP contribution >= 0.6 is 0 Å². The van der Waals surface area contributed by atoms with Crippen LogP contribution in [-0.4, -0.2) is 15.7 Å². The van der Waals surface area contributed by atoms with Crippen LogP contribution in [0.5, 0.6) is 0 Å². The maximum absolute atomic E-state index is 12.2. The van der Waals surface area contributed by atoms with Crippen molar-refractivity contribution in [1.82, 2.24) is 9.78 Å². The van der Waals surface area contributed by atoms with E-state index in [1.54, 1.807) is 4.68 Å². The molecular weight excluding hydrogens is 250 g/mol. The summed E-state index contributed by atoms with van der Waals surface area (Å²) in [5, 5.41) is 7.15. The fraction of sp³-hybridized carbons (Fsp3) is 0.375. The summed E-state index contributed by atoms with van der Waals surface area (Å²) in [5.74, 6) is -0.00356. The van der Waals surface area contributed by atoms with E-state index in [0.717, 1.165) is 16.9 Å². The van der Waals surface area contributed by atoms with Gasteiger partial charge in [-0.3, -0.25) is 9.48 Å². The first kappa shape index (κ1) is 14.3. The molecule has 0 fully saturated rings. The highest BCUT2D eigenvalue weighted by molar-refractivity contribution is 5.93. The van der Waals surface area contributed by atoms with Crippen LogP contribution in [0.15, 0.2) is 18.3 Å². The van der Waals surface area contributed by atoms with Crippen molar-refractivity contribution in [3.05, 3.63) is 46.3 Å². The Labute approximate surface area is 119 Å². The van der Waals surface area contributed by atoms with Gasteiger partial charge in [0.05, 0.1) is 17.8 Å². The van der Waals surface area contributed by atoms with E-state index in [-0.39, 0.29) is 5.91 Å². The largest absolute Gasteiger partial charge is 0.323 e. The molecule has 1 heterocycles. The molecule has 0 spiro atoms. The highest BCUT2D eigenvalue weighted by Gasteiger charge is 2.12. The number of carbonyl (C=O) groups excluding carboxylic acids is 1. The van der Waals surface area contributed by atoms with Gasteiger partial charge in [-0.2, -0.15) is 5.10 Å². The third kappa shape index (κ3) is 3.07. The summed E-state index contributed by atoms with van der Waals surface area (Å²) >= 11 is 0.